The van der Waals surface area contributed by atoms with Crippen molar-refractivity contribution in [2.75, 3.05) is 14.1 Å². The number of nitrogens with zero attached hydrogens (tertiary/aromatic N) is 2. The van der Waals surface area contributed by atoms with Crippen molar-refractivity contribution in [2.24, 2.45) is 10.8 Å². The minimum Gasteiger partial charge on any atom is -0.354 e. The van der Waals surface area contributed by atoms with Crippen molar-refractivity contribution in [1.29, 1.82) is 0 Å². The van der Waals surface area contributed by atoms with Gasteiger partial charge in [0, 0.05) is 30.4 Å². The molecule has 0 aromatic rings. The Morgan fingerprint density at radius 1 is 1.11 bits per heavy atom. The molecule has 0 bridgehead atoms. The Labute approximate surface area is 117 Å². The molecule has 0 saturated carbocycles. The summed E-state index contributed by atoms with van der Waals surface area (Å²) in [4.78, 5) is 2.19. The second-order valence-electron chi connectivity index (χ2n) is 6.59. The average molecular weight is 257 g/mol. The van der Waals surface area contributed by atoms with E-state index in [-0.39, 0.29) is 10.8 Å². The fourth-order valence-corrected chi connectivity index (χ4v) is 2.73. The quantitative estimate of drug-likeness (QED) is 0.686. The van der Waals surface area contributed by atoms with Crippen molar-refractivity contribution < 1.29 is 4.58 Å². The van der Waals surface area contributed by atoms with Gasteiger partial charge in [-0.1, -0.05) is 26.0 Å². The lowest BCUT2D eigenvalue weighted by molar-refractivity contribution is -0.419. The van der Waals surface area contributed by atoms with Crippen molar-refractivity contribution in [3.8, 4) is 0 Å². The maximum absolute atomic E-state index is 2.24. The van der Waals surface area contributed by atoms with E-state index in [1.165, 1.54) is 11.4 Å². The third-order valence-electron chi connectivity index (χ3n) is 4.02. The summed E-state index contributed by atoms with van der Waals surface area (Å²) < 4.78 is 2.19. The zero-order chi connectivity index (χ0) is 14.3. The molecule has 0 aromatic carbocycles. The molecule has 2 heteroatoms. The minimum absolute atomic E-state index is 0.124. The van der Waals surface area contributed by atoms with E-state index in [9.17, 15) is 0 Å². The molecule has 0 fully saturated rings. The number of allylic oxidation sites excluding steroid dienone is 5. The Kier molecular flexibility index (Phi) is 3.29. The van der Waals surface area contributed by atoms with E-state index < -0.39 is 0 Å². The number of hydrogen-bond acceptors (Lipinski definition) is 1. The third kappa shape index (κ3) is 2.58. The fourth-order valence-electron chi connectivity index (χ4n) is 2.73. The number of hydrogen-bond donors (Lipinski definition) is 0. The Balaban J connectivity index is 2.20. The Bertz CT molecular complexity index is 525. The lowest BCUT2D eigenvalue weighted by atomic mass is 9.88. The molecular weight excluding hydrogens is 232 g/mol. The highest BCUT2D eigenvalue weighted by Crippen LogP contribution is 2.35. The fraction of sp³-hybridized carbons (Fsp3) is 0.471. The van der Waals surface area contributed by atoms with Gasteiger partial charge in [0.2, 0.25) is 0 Å². The van der Waals surface area contributed by atoms with E-state index in [1.54, 1.807) is 0 Å². The Morgan fingerprint density at radius 2 is 1.79 bits per heavy atom. The largest absolute Gasteiger partial charge is 0.354 e. The van der Waals surface area contributed by atoms with E-state index in [2.05, 4.69) is 94.0 Å². The first-order chi connectivity index (χ1) is 8.74. The van der Waals surface area contributed by atoms with E-state index in [1.807, 2.05) is 0 Å². The van der Waals surface area contributed by atoms with Gasteiger partial charge in [-0.15, -0.1) is 0 Å². The molecule has 2 heterocycles. The van der Waals surface area contributed by atoms with Crippen LogP contribution >= 0.6 is 0 Å². The average Bonchev–Trinajstić information content (AvgIpc) is 2.71. The third-order valence-corrected chi connectivity index (χ3v) is 4.02. The molecule has 0 unspecified atom stereocenters. The van der Waals surface area contributed by atoms with Gasteiger partial charge in [-0.25, -0.2) is 4.58 Å². The van der Waals surface area contributed by atoms with Crippen molar-refractivity contribution in [3.63, 3.8) is 0 Å². The molecule has 2 nitrogen and oxygen atoms in total. The van der Waals surface area contributed by atoms with Crippen LogP contribution in [0.1, 0.15) is 27.7 Å². The van der Waals surface area contributed by atoms with Gasteiger partial charge in [-0.2, -0.15) is 0 Å². The molecule has 0 radical (unpaired) electrons. The van der Waals surface area contributed by atoms with E-state index >= 15 is 0 Å². The monoisotopic (exact) mass is 257 g/mol. The van der Waals surface area contributed by atoms with Gasteiger partial charge >= 0.3 is 0 Å². The highest BCUT2D eigenvalue weighted by Gasteiger charge is 2.32. The summed E-state index contributed by atoms with van der Waals surface area (Å²) in [6.45, 7) is 8.97. The molecule has 0 amide bonds. The van der Waals surface area contributed by atoms with Crippen molar-refractivity contribution >= 4 is 5.71 Å². The van der Waals surface area contributed by atoms with E-state index in [0.717, 1.165) is 0 Å². The summed E-state index contributed by atoms with van der Waals surface area (Å²) in [6.07, 6.45) is 15.4. The lowest BCUT2D eigenvalue weighted by Gasteiger charge is -2.22. The summed E-state index contributed by atoms with van der Waals surface area (Å²) in [5.41, 5.74) is 2.91. The predicted molar refractivity (Wildman–Crippen MR) is 82.0 cm³/mol. The summed E-state index contributed by atoms with van der Waals surface area (Å²) >= 11 is 0. The second-order valence-corrected chi connectivity index (χ2v) is 6.59. The minimum atomic E-state index is 0.124. The first-order valence-corrected chi connectivity index (χ1v) is 6.85. The van der Waals surface area contributed by atoms with Crippen LogP contribution in [0.25, 0.3) is 0 Å². The Morgan fingerprint density at radius 3 is 2.26 bits per heavy atom. The van der Waals surface area contributed by atoms with Crippen LogP contribution in [-0.2, 0) is 0 Å². The molecule has 2 aliphatic rings. The van der Waals surface area contributed by atoms with Crippen molar-refractivity contribution in [2.45, 2.75) is 27.7 Å². The van der Waals surface area contributed by atoms with Crippen LogP contribution in [0, 0.1) is 10.8 Å². The highest BCUT2D eigenvalue weighted by atomic mass is 15.1. The normalized spacial score (nSPS) is 26.4. The topological polar surface area (TPSA) is 6.25 Å². The van der Waals surface area contributed by atoms with Crippen LogP contribution in [0.2, 0.25) is 0 Å². The summed E-state index contributed by atoms with van der Waals surface area (Å²) in [5.74, 6) is 0. The number of rotatable bonds is 2. The van der Waals surface area contributed by atoms with Crippen LogP contribution < -0.4 is 0 Å². The molecular formula is C17H25N2+. The molecule has 19 heavy (non-hydrogen) atoms. The van der Waals surface area contributed by atoms with E-state index in [0.29, 0.717) is 0 Å². The molecule has 2 aliphatic heterocycles. The molecule has 0 aromatic heterocycles. The summed E-state index contributed by atoms with van der Waals surface area (Å²) in [7, 11) is 4.20. The maximum atomic E-state index is 2.24. The predicted octanol–water partition coefficient (Wildman–Crippen LogP) is 3.55. The van der Waals surface area contributed by atoms with Gasteiger partial charge in [0.05, 0.1) is 5.41 Å². The van der Waals surface area contributed by atoms with Crippen LogP contribution in [0.4, 0.5) is 0 Å². The van der Waals surface area contributed by atoms with Crippen LogP contribution in [0.5, 0.6) is 0 Å². The molecule has 0 aliphatic carbocycles. The van der Waals surface area contributed by atoms with Gasteiger partial charge < -0.3 is 4.90 Å². The molecule has 0 saturated heterocycles. The second kappa shape index (κ2) is 4.52. The van der Waals surface area contributed by atoms with Crippen LogP contribution in [0.3, 0.4) is 0 Å². The summed E-state index contributed by atoms with van der Waals surface area (Å²) in [5, 5.41) is 0. The van der Waals surface area contributed by atoms with Crippen molar-refractivity contribution in [3.05, 3.63) is 48.5 Å². The lowest BCUT2D eigenvalue weighted by Crippen LogP contribution is -2.21. The molecule has 0 spiro atoms. The molecule has 0 N–H and O–H groups in total. The van der Waals surface area contributed by atoms with Gasteiger partial charge in [0.25, 0.3) is 0 Å². The van der Waals surface area contributed by atoms with Crippen molar-refractivity contribution in [1.82, 2.24) is 4.90 Å². The van der Waals surface area contributed by atoms with Crippen LogP contribution in [-0.4, -0.2) is 29.3 Å². The van der Waals surface area contributed by atoms with Gasteiger partial charge in [0.15, 0.2) is 11.9 Å². The summed E-state index contributed by atoms with van der Waals surface area (Å²) in [6, 6.07) is 0. The standard InChI is InChI=1S/C17H25N2/c1-16(2)10-12-18(5)14(16)8-7-9-15-17(3,4)11-13-19(15)6/h7-13H,1-6H3/q+1. The van der Waals surface area contributed by atoms with Crippen LogP contribution in [0.15, 0.2) is 48.5 Å². The first kappa shape index (κ1) is 13.9. The molecule has 102 valence electrons. The highest BCUT2D eigenvalue weighted by molar-refractivity contribution is 5.98. The zero-order valence-electron chi connectivity index (χ0n) is 12.9. The van der Waals surface area contributed by atoms with E-state index in [4.69, 9.17) is 0 Å². The van der Waals surface area contributed by atoms with Gasteiger partial charge in [-0.05, 0) is 26.0 Å². The zero-order valence-corrected chi connectivity index (χ0v) is 12.9. The molecule has 2 rings (SSSR count). The Hall–Kier alpha value is -1.57. The first-order valence-electron chi connectivity index (χ1n) is 6.85. The van der Waals surface area contributed by atoms with Gasteiger partial charge in [0.1, 0.15) is 7.05 Å². The smallest absolute Gasteiger partial charge is 0.190 e. The SMILES string of the molecule is CN1C=CC(C)(C)C1=CC=CC1=[N+](C)C=CC1(C)C. The maximum Gasteiger partial charge on any atom is 0.190 e. The molecule has 0 atom stereocenters. The van der Waals surface area contributed by atoms with Gasteiger partial charge in [-0.3, -0.25) is 0 Å².